The second-order valence-electron chi connectivity index (χ2n) is 11.9. The van der Waals surface area contributed by atoms with E-state index in [2.05, 4.69) is 21.6 Å². The van der Waals surface area contributed by atoms with Crippen molar-refractivity contribution >= 4 is 17.2 Å². The molecule has 0 unspecified atom stereocenters. The molecule has 0 aliphatic carbocycles. The van der Waals surface area contributed by atoms with Crippen LogP contribution >= 0.6 is 0 Å². The Morgan fingerprint density at radius 2 is 1.59 bits per heavy atom. The summed E-state index contributed by atoms with van der Waals surface area (Å²) < 4.78 is 9.70. The molecule has 0 N–H and O–H groups in total. The molecule has 0 amide bonds. The standard InChI is InChI=1S/C34H34N2O3/c37-34(38)24-12-2-1-11-23(24)29-27-19-21-9-3-5-15-35-17-7-13-25(30(21)35)32(27)39-33-26-14-8-18-36-16-6-4-10-22(31(26)36)20-28(29)33/h1-2,11-12,19-20H,3-10,13-18H2. The zero-order valence-corrected chi connectivity index (χ0v) is 22.5. The first-order valence-electron chi connectivity index (χ1n) is 14.9. The normalized spacial score (nSPS) is 19.1. The third-order valence-corrected chi connectivity index (χ3v) is 9.60. The van der Waals surface area contributed by atoms with Crippen LogP contribution in [0.4, 0.5) is 5.69 Å². The minimum Gasteiger partial charge on any atom is -0.545 e. The van der Waals surface area contributed by atoms with Crippen molar-refractivity contribution < 1.29 is 14.6 Å². The van der Waals surface area contributed by atoms with Crippen LogP contribution in [0.5, 0.6) is 11.5 Å². The number of carbonyl (C=O) groups is 1. The molecule has 3 aromatic rings. The topological polar surface area (TPSA) is 55.6 Å². The lowest BCUT2D eigenvalue weighted by atomic mass is 9.83. The van der Waals surface area contributed by atoms with Crippen molar-refractivity contribution in [3.05, 3.63) is 85.9 Å². The van der Waals surface area contributed by atoms with Crippen LogP contribution in [0.15, 0.2) is 36.4 Å². The average Bonchev–Trinajstić information content (AvgIpc) is 3.30. The number of carbonyl (C=O) groups excluding carboxylic acids is 1. The molecule has 0 saturated carbocycles. The minimum absolute atomic E-state index is 0.252. The molecule has 5 aliphatic rings. The Hall–Kier alpha value is -3.60. The summed E-state index contributed by atoms with van der Waals surface area (Å²) in [6, 6.07) is 12.1. The zero-order chi connectivity index (χ0) is 26.1. The summed E-state index contributed by atoms with van der Waals surface area (Å²) in [7, 11) is 0. The van der Waals surface area contributed by atoms with Gasteiger partial charge in [0.2, 0.25) is 5.36 Å². The quantitative estimate of drug-likeness (QED) is 0.383. The predicted molar refractivity (Wildman–Crippen MR) is 150 cm³/mol. The maximum absolute atomic E-state index is 12.4. The minimum atomic E-state index is -1.13. The van der Waals surface area contributed by atoms with Gasteiger partial charge < -0.3 is 19.5 Å². The van der Waals surface area contributed by atoms with E-state index in [0.29, 0.717) is 0 Å². The van der Waals surface area contributed by atoms with E-state index in [1.165, 1.54) is 59.0 Å². The molecular formula is C34H34N2O3. The van der Waals surface area contributed by atoms with E-state index in [1.54, 1.807) is 12.1 Å². The van der Waals surface area contributed by atoms with E-state index in [-0.39, 0.29) is 5.56 Å². The SMILES string of the molecule is O=C([O-])c1ccccc1C1=c2cc3c4c(c2Oc2c1cc1c5c2CCCN5CCCC1)CCC[N+]=4CCCC3. The van der Waals surface area contributed by atoms with Gasteiger partial charge in [0.25, 0.3) is 0 Å². The molecule has 5 nitrogen and oxygen atoms in total. The van der Waals surface area contributed by atoms with Crippen molar-refractivity contribution in [2.45, 2.75) is 64.2 Å². The van der Waals surface area contributed by atoms with Crippen LogP contribution in [0.2, 0.25) is 0 Å². The van der Waals surface area contributed by atoms with Crippen LogP contribution < -0.4 is 29.9 Å². The Morgan fingerprint density at radius 1 is 0.795 bits per heavy atom. The zero-order valence-electron chi connectivity index (χ0n) is 22.5. The molecule has 0 aromatic heterocycles. The Morgan fingerprint density at radius 3 is 2.51 bits per heavy atom. The van der Waals surface area contributed by atoms with Gasteiger partial charge in [-0.25, -0.2) is 4.58 Å². The van der Waals surface area contributed by atoms with E-state index in [9.17, 15) is 9.90 Å². The summed E-state index contributed by atoms with van der Waals surface area (Å²) in [4.78, 5) is 15.0. The number of anilines is 1. The molecule has 5 aliphatic heterocycles. The van der Waals surface area contributed by atoms with Gasteiger partial charge >= 0.3 is 0 Å². The van der Waals surface area contributed by atoms with E-state index in [4.69, 9.17) is 4.74 Å². The molecule has 0 radical (unpaired) electrons. The van der Waals surface area contributed by atoms with Crippen LogP contribution in [0.3, 0.4) is 0 Å². The van der Waals surface area contributed by atoms with E-state index < -0.39 is 5.97 Å². The summed E-state index contributed by atoms with van der Waals surface area (Å²) in [5.74, 6) is 0.785. The molecule has 3 aromatic carbocycles. The third kappa shape index (κ3) is 3.51. The number of nitrogens with zero attached hydrogens (tertiary/aromatic N) is 2. The van der Waals surface area contributed by atoms with Gasteiger partial charge in [-0.2, -0.15) is 0 Å². The molecule has 0 bridgehead atoms. The highest BCUT2D eigenvalue weighted by Gasteiger charge is 2.35. The Kier molecular flexibility index (Phi) is 5.36. The van der Waals surface area contributed by atoms with Crippen molar-refractivity contribution in [2.24, 2.45) is 0 Å². The maximum atomic E-state index is 12.4. The fourth-order valence-electron chi connectivity index (χ4n) is 8.00. The first kappa shape index (κ1) is 23.3. The monoisotopic (exact) mass is 518 g/mol. The highest BCUT2D eigenvalue weighted by atomic mass is 16.5. The number of benzene rings is 3. The smallest absolute Gasteiger partial charge is 0.210 e. The van der Waals surface area contributed by atoms with Gasteiger partial charge in [-0.05, 0) is 74.6 Å². The van der Waals surface area contributed by atoms with Crippen LogP contribution in [0.1, 0.15) is 82.3 Å². The number of aromatic carboxylic acids is 1. The molecule has 8 rings (SSSR count). The lowest BCUT2D eigenvalue weighted by Gasteiger charge is -2.35. The molecule has 198 valence electrons. The van der Waals surface area contributed by atoms with Gasteiger partial charge in [-0.15, -0.1) is 0 Å². The summed E-state index contributed by atoms with van der Waals surface area (Å²) in [6.45, 7) is 4.42. The van der Waals surface area contributed by atoms with Gasteiger partial charge in [0.15, 0.2) is 0 Å². The molecular weight excluding hydrogens is 484 g/mol. The number of rotatable bonds is 2. The predicted octanol–water partition coefficient (Wildman–Crippen LogP) is 3.27. The molecule has 5 heteroatoms. The summed E-state index contributed by atoms with van der Waals surface area (Å²) >= 11 is 0. The van der Waals surface area contributed by atoms with Crippen LogP contribution in [0, 0.1) is 0 Å². The fourth-order valence-corrected chi connectivity index (χ4v) is 8.00. The lowest BCUT2D eigenvalue weighted by molar-refractivity contribution is -0.255. The molecule has 0 atom stereocenters. The number of hydrogen-bond donors (Lipinski definition) is 0. The number of carboxylic acid groups (broad SMARTS) is 1. The lowest BCUT2D eigenvalue weighted by Crippen LogP contribution is -2.41. The van der Waals surface area contributed by atoms with Crippen molar-refractivity contribution in [3.8, 4) is 11.5 Å². The van der Waals surface area contributed by atoms with Crippen molar-refractivity contribution in [1.82, 2.24) is 4.58 Å². The first-order valence-corrected chi connectivity index (χ1v) is 14.9. The second-order valence-corrected chi connectivity index (χ2v) is 11.9. The largest absolute Gasteiger partial charge is 0.545 e. The molecule has 39 heavy (non-hydrogen) atoms. The number of hydrogen-bond acceptors (Lipinski definition) is 4. The third-order valence-electron chi connectivity index (χ3n) is 9.60. The van der Waals surface area contributed by atoms with Crippen LogP contribution in [-0.2, 0) is 25.7 Å². The van der Waals surface area contributed by atoms with Crippen LogP contribution in [0.25, 0.3) is 5.57 Å². The Labute approximate surface area is 229 Å². The van der Waals surface area contributed by atoms with Gasteiger partial charge in [0, 0.05) is 64.7 Å². The summed E-state index contributed by atoms with van der Waals surface area (Å²) in [6.07, 6.45) is 11.1. The maximum Gasteiger partial charge on any atom is 0.210 e. The summed E-state index contributed by atoms with van der Waals surface area (Å²) in [5, 5.41) is 14.9. The van der Waals surface area contributed by atoms with Gasteiger partial charge in [0.1, 0.15) is 24.6 Å². The number of aryl methyl sites for hydroxylation is 2. The highest BCUT2D eigenvalue weighted by Crippen LogP contribution is 2.48. The summed E-state index contributed by atoms with van der Waals surface area (Å²) in [5.41, 5.74) is 9.86. The van der Waals surface area contributed by atoms with Crippen molar-refractivity contribution in [1.29, 1.82) is 0 Å². The average molecular weight is 519 g/mol. The van der Waals surface area contributed by atoms with Gasteiger partial charge in [-0.1, -0.05) is 24.3 Å². The van der Waals surface area contributed by atoms with Crippen LogP contribution in [-0.4, -0.2) is 32.1 Å². The number of fused-ring (bicyclic) bond motifs is 4. The van der Waals surface area contributed by atoms with Crippen molar-refractivity contribution in [2.75, 3.05) is 31.1 Å². The van der Waals surface area contributed by atoms with E-state index in [0.717, 1.165) is 98.1 Å². The fraction of sp³-hybridized carbons (Fsp3) is 0.412. The van der Waals surface area contributed by atoms with Gasteiger partial charge in [0.05, 0.1) is 11.5 Å². The molecule has 5 heterocycles. The molecule has 0 fully saturated rings. The highest BCUT2D eigenvalue weighted by molar-refractivity contribution is 5.98. The molecule has 0 spiro atoms. The van der Waals surface area contributed by atoms with Gasteiger partial charge in [-0.3, -0.25) is 0 Å². The van der Waals surface area contributed by atoms with E-state index >= 15 is 0 Å². The number of ether oxygens (including phenoxy) is 1. The first-order chi connectivity index (χ1) is 19.2. The molecule has 0 saturated heterocycles. The van der Waals surface area contributed by atoms with Crippen molar-refractivity contribution in [3.63, 3.8) is 0 Å². The Balaban J connectivity index is 1.53. The second kappa shape index (κ2) is 8.97. The van der Waals surface area contributed by atoms with E-state index in [1.807, 2.05) is 12.1 Å². The Bertz CT molecular complexity index is 1690. The number of carboxylic acids is 1.